The van der Waals surface area contributed by atoms with Crippen molar-refractivity contribution in [3.8, 4) is 11.8 Å². The SMILES string of the molecule is N#Cc1cc(N)c(OC(F)F)c(C(=O)O)c1. The van der Waals surface area contributed by atoms with Gasteiger partial charge in [-0.15, -0.1) is 0 Å². The van der Waals surface area contributed by atoms with E-state index in [1.807, 2.05) is 0 Å². The second-order valence-corrected chi connectivity index (χ2v) is 2.74. The molecule has 0 spiro atoms. The number of hydrogen-bond acceptors (Lipinski definition) is 4. The van der Waals surface area contributed by atoms with E-state index in [1.54, 1.807) is 6.07 Å². The van der Waals surface area contributed by atoms with Gasteiger partial charge >= 0.3 is 12.6 Å². The zero-order valence-corrected chi connectivity index (χ0v) is 7.78. The van der Waals surface area contributed by atoms with Crippen LogP contribution >= 0.6 is 0 Å². The fraction of sp³-hybridized carbons (Fsp3) is 0.111. The summed E-state index contributed by atoms with van der Waals surface area (Å²) in [5.74, 6) is -2.14. The third-order valence-corrected chi connectivity index (χ3v) is 1.68. The number of ether oxygens (including phenoxy) is 1. The quantitative estimate of drug-likeness (QED) is 0.763. The molecule has 0 aliphatic rings. The zero-order valence-electron chi connectivity index (χ0n) is 7.78. The number of nitrogens with zero attached hydrogens (tertiary/aromatic N) is 1. The largest absolute Gasteiger partial charge is 0.478 e. The summed E-state index contributed by atoms with van der Waals surface area (Å²) in [4.78, 5) is 10.7. The molecule has 0 aliphatic carbocycles. The van der Waals surface area contributed by atoms with Crippen molar-refractivity contribution in [2.75, 3.05) is 5.73 Å². The lowest BCUT2D eigenvalue weighted by Gasteiger charge is -2.10. The summed E-state index contributed by atoms with van der Waals surface area (Å²) < 4.78 is 28.0. The van der Waals surface area contributed by atoms with Gasteiger partial charge < -0.3 is 15.6 Å². The third-order valence-electron chi connectivity index (χ3n) is 1.68. The molecule has 16 heavy (non-hydrogen) atoms. The topological polar surface area (TPSA) is 96.3 Å². The van der Waals surface area contributed by atoms with Crippen LogP contribution in [0.25, 0.3) is 0 Å². The second-order valence-electron chi connectivity index (χ2n) is 2.74. The first kappa shape index (κ1) is 11.7. The Morgan fingerprint density at radius 3 is 2.62 bits per heavy atom. The normalized spacial score (nSPS) is 9.88. The molecule has 0 fully saturated rings. The molecule has 0 saturated heterocycles. The van der Waals surface area contributed by atoms with Gasteiger partial charge in [-0.1, -0.05) is 0 Å². The van der Waals surface area contributed by atoms with E-state index in [1.165, 1.54) is 0 Å². The van der Waals surface area contributed by atoms with Gasteiger partial charge in [0.15, 0.2) is 5.75 Å². The molecule has 84 valence electrons. The third kappa shape index (κ3) is 2.36. The van der Waals surface area contributed by atoms with Crippen LogP contribution in [-0.2, 0) is 0 Å². The number of nitrogens with two attached hydrogens (primary N) is 1. The van der Waals surface area contributed by atoms with Crippen molar-refractivity contribution >= 4 is 11.7 Å². The van der Waals surface area contributed by atoms with Crippen LogP contribution in [0, 0.1) is 11.3 Å². The standard InChI is InChI=1S/C9H6F2N2O3/c10-9(11)16-7-5(8(14)15)1-4(3-12)2-6(7)13/h1-2,9H,13H2,(H,14,15). The van der Waals surface area contributed by atoms with Crippen molar-refractivity contribution in [3.05, 3.63) is 23.3 Å². The van der Waals surface area contributed by atoms with Gasteiger partial charge in [-0.2, -0.15) is 14.0 Å². The molecule has 0 unspecified atom stereocenters. The maximum Gasteiger partial charge on any atom is 0.387 e. The van der Waals surface area contributed by atoms with E-state index in [9.17, 15) is 13.6 Å². The van der Waals surface area contributed by atoms with E-state index in [0.29, 0.717) is 0 Å². The maximum absolute atomic E-state index is 12.0. The van der Waals surface area contributed by atoms with Gasteiger partial charge in [-0.3, -0.25) is 0 Å². The molecule has 0 radical (unpaired) electrons. The van der Waals surface area contributed by atoms with Gasteiger partial charge in [0.1, 0.15) is 5.56 Å². The lowest BCUT2D eigenvalue weighted by Crippen LogP contribution is -2.10. The van der Waals surface area contributed by atoms with Crippen molar-refractivity contribution < 1.29 is 23.4 Å². The summed E-state index contributed by atoms with van der Waals surface area (Å²) in [6.45, 7) is -3.19. The van der Waals surface area contributed by atoms with Crippen molar-refractivity contribution in [1.82, 2.24) is 0 Å². The zero-order chi connectivity index (χ0) is 12.3. The number of alkyl halides is 2. The highest BCUT2D eigenvalue weighted by Gasteiger charge is 2.19. The van der Waals surface area contributed by atoms with E-state index < -0.39 is 23.9 Å². The van der Waals surface area contributed by atoms with Crippen LogP contribution < -0.4 is 10.5 Å². The van der Waals surface area contributed by atoms with Crippen LogP contribution in [0.15, 0.2) is 12.1 Å². The fourth-order valence-corrected chi connectivity index (χ4v) is 1.10. The molecule has 0 amide bonds. The molecular weight excluding hydrogens is 222 g/mol. The molecular formula is C9H6F2N2O3. The Hall–Kier alpha value is -2.36. The van der Waals surface area contributed by atoms with Crippen molar-refractivity contribution in [3.63, 3.8) is 0 Å². The molecule has 0 aliphatic heterocycles. The Morgan fingerprint density at radius 2 is 2.19 bits per heavy atom. The summed E-state index contributed by atoms with van der Waals surface area (Å²) >= 11 is 0. The lowest BCUT2D eigenvalue weighted by atomic mass is 10.1. The van der Waals surface area contributed by atoms with Crippen LogP contribution in [0.1, 0.15) is 15.9 Å². The lowest BCUT2D eigenvalue weighted by molar-refractivity contribution is -0.0498. The minimum absolute atomic E-state index is 0.0449. The summed E-state index contributed by atoms with van der Waals surface area (Å²) in [5.41, 5.74) is 4.37. The van der Waals surface area contributed by atoms with Crippen LogP contribution in [0.3, 0.4) is 0 Å². The highest BCUT2D eigenvalue weighted by Crippen LogP contribution is 2.29. The fourth-order valence-electron chi connectivity index (χ4n) is 1.10. The average molecular weight is 228 g/mol. The van der Waals surface area contributed by atoms with Gasteiger partial charge in [0, 0.05) is 0 Å². The molecule has 7 heteroatoms. The Bertz CT molecular complexity index is 469. The van der Waals surface area contributed by atoms with E-state index in [2.05, 4.69) is 4.74 Å². The molecule has 1 rings (SSSR count). The summed E-state index contributed by atoms with van der Waals surface area (Å²) in [6.07, 6.45) is 0. The number of rotatable bonds is 3. The van der Waals surface area contributed by atoms with E-state index in [-0.39, 0.29) is 11.3 Å². The summed E-state index contributed by atoms with van der Waals surface area (Å²) in [7, 11) is 0. The minimum atomic E-state index is -3.19. The van der Waals surface area contributed by atoms with Crippen LogP contribution in [0.5, 0.6) is 5.75 Å². The van der Waals surface area contributed by atoms with Gasteiger partial charge in [-0.25, -0.2) is 4.79 Å². The van der Waals surface area contributed by atoms with E-state index in [0.717, 1.165) is 12.1 Å². The van der Waals surface area contributed by atoms with Crippen molar-refractivity contribution in [2.45, 2.75) is 6.61 Å². The predicted molar refractivity (Wildman–Crippen MR) is 49.2 cm³/mol. The number of aromatic carboxylic acids is 1. The number of hydrogen-bond donors (Lipinski definition) is 2. The first-order valence-electron chi connectivity index (χ1n) is 3.97. The number of nitrogen functional groups attached to an aromatic ring is 1. The highest BCUT2D eigenvalue weighted by atomic mass is 19.3. The molecule has 5 nitrogen and oxygen atoms in total. The molecule has 1 aromatic carbocycles. The molecule has 0 heterocycles. The van der Waals surface area contributed by atoms with Crippen LogP contribution in [-0.4, -0.2) is 17.7 Å². The average Bonchev–Trinajstić information content (AvgIpc) is 2.19. The molecule has 0 saturated carbocycles. The number of carbonyl (C=O) groups is 1. The summed E-state index contributed by atoms with van der Waals surface area (Å²) in [5, 5.41) is 17.3. The van der Waals surface area contributed by atoms with Crippen LogP contribution in [0.2, 0.25) is 0 Å². The number of nitriles is 1. The number of halogens is 2. The monoisotopic (exact) mass is 228 g/mol. The predicted octanol–water partition coefficient (Wildman–Crippen LogP) is 1.44. The molecule has 0 atom stereocenters. The Labute approximate surface area is 88.7 Å². The highest BCUT2D eigenvalue weighted by molar-refractivity contribution is 5.93. The first-order valence-corrected chi connectivity index (χ1v) is 3.97. The molecule has 1 aromatic rings. The van der Waals surface area contributed by atoms with Gasteiger partial charge in [0.05, 0.1) is 17.3 Å². The number of benzene rings is 1. The Morgan fingerprint density at radius 1 is 1.56 bits per heavy atom. The number of anilines is 1. The smallest absolute Gasteiger partial charge is 0.387 e. The van der Waals surface area contributed by atoms with Gasteiger partial charge in [0.2, 0.25) is 0 Å². The Kier molecular flexibility index (Phi) is 3.25. The van der Waals surface area contributed by atoms with E-state index >= 15 is 0 Å². The van der Waals surface area contributed by atoms with E-state index in [4.69, 9.17) is 16.1 Å². The van der Waals surface area contributed by atoms with Gasteiger partial charge in [0.25, 0.3) is 0 Å². The number of carboxylic acid groups (broad SMARTS) is 1. The molecule has 0 aromatic heterocycles. The maximum atomic E-state index is 12.0. The number of carboxylic acids is 1. The Balaban J connectivity index is 3.35. The second kappa shape index (κ2) is 4.44. The molecule has 0 bridgehead atoms. The van der Waals surface area contributed by atoms with Crippen molar-refractivity contribution in [1.29, 1.82) is 5.26 Å². The molecule has 3 N–H and O–H groups in total. The van der Waals surface area contributed by atoms with Gasteiger partial charge in [-0.05, 0) is 12.1 Å². The van der Waals surface area contributed by atoms with Crippen molar-refractivity contribution in [2.24, 2.45) is 0 Å². The first-order chi connectivity index (χ1) is 7.45. The van der Waals surface area contributed by atoms with Crippen LogP contribution in [0.4, 0.5) is 14.5 Å². The minimum Gasteiger partial charge on any atom is -0.478 e. The summed E-state index contributed by atoms with van der Waals surface area (Å²) in [6, 6.07) is 3.63.